The fraction of sp³-hybridized carbons (Fsp3) is 0.400. The highest BCUT2D eigenvalue weighted by atomic mass is 16.2. The van der Waals surface area contributed by atoms with Crippen molar-refractivity contribution in [2.24, 2.45) is 0 Å². The average molecular weight is 272 g/mol. The molecule has 1 fully saturated rings. The van der Waals surface area contributed by atoms with Gasteiger partial charge in [-0.1, -0.05) is 12.1 Å². The lowest BCUT2D eigenvalue weighted by Gasteiger charge is -2.28. The molecule has 0 atom stereocenters. The van der Waals surface area contributed by atoms with Gasteiger partial charge in [0.15, 0.2) is 0 Å². The lowest BCUT2D eigenvalue weighted by molar-refractivity contribution is -0.131. The van der Waals surface area contributed by atoms with E-state index in [-0.39, 0.29) is 12.5 Å². The standard InChI is InChI=1S/C15H16N2O3/c18-13(16-8-4-1-5-9-16)10-17-12-7-3-2-6-11(12)14(19)15(17)20/h2-3,6-7H,1,4-5,8-10H2. The molecule has 0 spiro atoms. The summed E-state index contributed by atoms with van der Waals surface area (Å²) < 4.78 is 0. The van der Waals surface area contributed by atoms with Gasteiger partial charge in [0, 0.05) is 13.1 Å². The first kappa shape index (κ1) is 12.8. The summed E-state index contributed by atoms with van der Waals surface area (Å²) in [5.41, 5.74) is 0.941. The summed E-state index contributed by atoms with van der Waals surface area (Å²) in [5, 5.41) is 0. The Morgan fingerprint density at radius 2 is 1.75 bits per heavy atom. The van der Waals surface area contributed by atoms with Crippen LogP contribution in [-0.2, 0) is 9.59 Å². The Morgan fingerprint density at radius 1 is 1.05 bits per heavy atom. The lowest BCUT2D eigenvalue weighted by atomic mass is 10.1. The van der Waals surface area contributed by atoms with E-state index in [0.717, 1.165) is 32.4 Å². The summed E-state index contributed by atoms with van der Waals surface area (Å²) in [6, 6.07) is 6.83. The zero-order valence-corrected chi connectivity index (χ0v) is 11.2. The minimum atomic E-state index is -0.600. The van der Waals surface area contributed by atoms with Gasteiger partial charge in [0.1, 0.15) is 6.54 Å². The third-order valence-corrected chi connectivity index (χ3v) is 3.88. The molecule has 2 aliphatic rings. The third kappa shape index (κ3) is 2.09. The van der Waals surface area contributed by atoms with Gasteiger partial charge in [0.2, 0.25) is 5.91 Å². The van der Waals surface area contributed by atoms with Crippen molar-refractivity contribution in [2.45, 2.75) is 19.3 Å². The number of piperidine rings is 1. The molecule has 0 bridgehead atoms. The number of carbonyl (C=O) groups excluding carboxylic acids is 3. The van der Waals surface area contributed by atoms with Crippen LogP contribution in [0.1, 0.15) is 29.6 Å². The molecule has 1 saturated heterocycles. The summed E-state index contributed by atoms with van der Waals surface area (Å²) in [5.74, 6) is -1.20. The molecule has 104 valence electrons. The summed E-state index contributed by atoms with van der Waals surface area (Å²) in [6.45, 7) is 1.45. The van der Waals surface area contributed by atoms with E-state index < -0.39 is 11.7 Å². The summed E-state index contributed by atoms with van der Waals surface area (Å²) >= 11 is 0. The molecule has 0 aliphatic carbocycles. The molecule has 2 amide bonds. The minimum Gasteiger partial charge on any atom is -0.341 e. The average Bonchev–Trinajstić information content (AvgIpc) is 2.74. The zero-order chi connectivity index (χ0) is 14.1. The molecule has 0 saturated carbocycles. The van der Waals surface area contributed by atoms with E-state index in [9.17, 15) is 14.4 Å². The number of Topliss-reactive ketones (excluding diaryl/α,β-unsaturated/α-hetero) is 1. The summed E-state index contributed by atoms with van der Waals surface area (Å²) in [6.07, 6.45) is 3.16. The van der Waals surface area contributed by atoms with Gasteiger partial charge in [-0.05, 0) is 31.4 Å². The highest BCUT2D eigenvalue weighted by Gasteiger charge is 2.37. The van der Waals surface area contributed by atoms with Gasteiger partial charge in [0.25, 0.3) is 11.7 Å². The molecular formula is C15H16N2O3. The van der Waals surface area contributed by atoms with Crippen molar-refractivity contribution >= 4 is 23.3 Å². The molecule has 1 aromatic carbocycles. The van der Waals surface area contributed by atoms with E-state index in [1.807, 2.05) is 0 Å². The van der Waals surface area contributed by atoms with Crippen LogP contribution in [0, 0.1) is 0 Å². The summed E-state index contributed by atoms with van der Waals surface area (Å²) in [7, 11) is 0. The Morgan fingerprint density at radius 3 is 2.50 bits per heavy atom. The fourth-order valence-corrected chi connectivity index (χ4v) is 2.78. The monoisotopic (exact) mass is 272 g/mol. The van der Waals surface area contributed by atoms with Crippen LogP contribution in [0.15, 0.2) is 24.3 Å². The first-order valence-corrected chi connectivity index (χ1v) is 6.91. The number of carbonyl (C=O) groups is 3. The Labute approximate surface area is 117 Å². The second-order valence-corrected chi connectivity index (χ2v) is 5.18. The molecule has 3 rings (SSSR count). The van der Waals surface area contributed by atoms with Crippen LogP contribution in [0.2, 0.25) is 0 Å². The quantitative estimate of drug-likeness (QED) is 0.761. The van der Waals surface area contributed by atoms with Crippen LogP contribution >= 0.6 is 0 Å². The topological polar surface area (TPSA) is 57.7 Å². The highest BCUT2D eigenvalue weighted by Crippen LogP contribution is 2.28. The maximum absolute atomic E-state index is 12.2. The minimum absolute atomic E-state index is 0.0401. The SMILES string of the molecule is O=C1C(=O)N(CC(=O)N2CCCCC2)c2ccccc21. The second-order valence-electron chi connectivity index (χ2n) is 5.18. The first-order valence-electron chi connectivity index (χ1n) is 6.91. The van der Waals surface area contributed by atoms with Gasteiger partial charge < -0.3 is 4.90 Å². The van der Waals surface area contributed by atoms with Crippen molar-refractivity contribution in [1.29, 1.82) is 0 Å². The predicted octanol–water partition coefficient (Wildman–Crippen LogP) is 1.23. The van der Waals surface area contributed by atoms with Gasteiger partial charge in [-0.15, -0.1) is 0 Å². The van der Waals surface area contributed by atoms with Crippen LogP contribution in [0.3, 0.4) is 0 Å². The number of nitrogens with zero attached hydrogens (tertiary/aromatic N) is 2. The third-order valence-electron chi connectivity index (χ3n) is 3.88. The van der Waals surface area contributed by atoms with Crippen molar-refractivity contribution in [3.8, 4) is 0 Å². The Hall–Kier alpha value is -2.17. The number of ketones is 1. The number of hydrogen-bond acceptors (Lipinski definition) is 3. The number of amides is 2. The molecule has 2 aliphatic heterocycles. The van der Waals surface area contributed by atoms with Gasteiger partial charge in [-0.25, -0.2) is 0 Å². The van der Waals surface area contributed by atoms with Gasteiger partial charge >= 0.3 is 0 Å². The van der Waals surface area contributed by atoms with Gasteiger partial charge in [-0.2, -0.15) is 0 Å². The first-order chi connectivity index (χ1) is 9.68. The highest BCUT2D eigenvalue weighted by molar-refractivity contribution is 6.52. The molecule has 5 heteroatoms. The number of anilines is 1. The van der Waals surface area contributed by atoms with E-state index in [1.165, 1.54) is 4.90 Å². The zero-order valence-electron chi connectivity index (χ0n) is 11.2. The maximum atomic E-state index is 12.2. The maximum Gasteiger partial charge on any atom is 0.299 e. The lowest BCUT2D eigenvalue weighted by Crippen LogP contribution is -2.44. The number of likely N-dealkylation sites (tertiary alicyclic amines) is 1. The number of rotatable bonds is 2. The molecule has 20 heavy (non-hydrogen) atoms. The molecule has 0 N–H and O–H groups in total. The van der Waals surface area contributed by atoms with E-state index in [1.54, 1.807) is 29.2 Å². The van der Waals surface area contributed by atoms with E-state index in [2.05, 4.69) is 0 Å². The van der Waals surface area contributed by atoms with Gasteiger partial charge in [-0.3, -0.25) is 19.3 Å². The van der Waals surface area contributed by atoms with Gasteiger partial charge in [0.05, 0.1) is 11.3 Å². The number of para-hydroxylation sites is 1. The van der Waals surface area contributed by atoms with Crippen molar-refractivity contribution in [1.82, 2.24) is 4.90 Å². The molecule has 5 nitrogen and oxygen atoms in total. The molecule has 1 aromatic rings. The van der Waals surface area contributed by atoms with Crippen molar-refractivity contribution < 1.29 is 14.4 Å². The number of benzene rings is 1. The van der Waals surface area contributed by atoms with Crippen LogP contribution < -0.4 is 4.90 Å². The summed E-state index contributed by atoms with van der Waals surface area (Å²) in [4.78, 5) is 39.2. The number of fused-ring (bicyclic) bond motifs is 1. The molecule has 0 radical (unpaired) electrons. The van der Waals surface area contributed by atoms with Crippen LogP contribution in [0.5, 0.6) is 0 Å². The van der Waals surface area contributed by atoms with E-state index in [4.69, 9.17) is 0 Å². The van der Waals surface area contributed by atoms with Crippen molar-refractivity contribution in [2.75, 3.05) is 24.5 Å². The number of hydrogen-bond donors (Lipinski definition) is 0. The molecule has 0 aromatic heterocycles. The van der Waals surface area contributed by atoms with Crippen LogP contribution in [0.4, 0.5) is 5.69 Å². The van der Waals surface area contributed by atoms with E-state index >= 15 is 0 Å². The van der Waals surface area contributed by atoms with Crippen LogP contribution in [-0.4, -0.2) is 42.1 Å². The normalized spacial score (nSPS) is 18.4. The van der Waals surface area contributed by atoms with E-state index in [0.29, 0.717) is 11.3 Å². The molecular weight excluding hydrogens is 256 g/mol. The van der Waals surface area contributed by atoms with Crippen molar-refractivity contribution in [3.63, 3.8) is 0 Å². The van der Waals surface area contributed by atoms with Crippen LogP contribution in [0.25, 0.3) is 0 Å². The Kier molecular flexibility index (Phi) is 3.26. The largest absolute Gasteiger partial charge is 0.341 e. The smallest absolute Gasteiger partial charge is 0.299 e. The second kappa shape index (κ2) is 5.07. The predicted molar refractivity (Wildman–Crippen MR) is 73.6 cm³/mol. The van der Waals surface area contributed by atoms with Crippen molar-refractivity contribution in [3.05, 3.63) is 29.8 Å². The Balaban J connectivity index is 1.79. The molecule has 0 unspecified atom stereocenters. The Bertz CT molecular complexity index is 576. The fourth-order valence-electron chi connectivity index (χ4n) is 2.78. The molecule has 2 heterocycles.